The summed E-state index contributed by atoms with van der Waals surface area (Å²) in [5, 5.41) is 16.7. The number of aromatic nitrogens is 4. The van der Waals surface area contributed by atoms with Crippen molar-refractivity contribution in [1.82, 2.24) is 20.2 Å². The SMILES string of the molecule is N#Cc1cc(-c2nnc(-c3ccncc3)o2)ccn1. The maximum absolute atomic E-state index is 8.81. The fourth-order valence-electron chi connectivity index (χ4n) is 1.58. The van der Waals surface area contributed by atoms with E-state index in [1.54, 1.807) is 36.7 Å². The van der Waals surface area contributed by atoms with Crippen LogP contribution >= 0.6 is 0 Å². The van der Waals surface area contributed by atoms with Crippen LogP contribution in [-0.2, 0) is 0 Å². The summed E-state index contributed by atoms with van der Waals surface area (Å²) in [6.07, 6.45) is 4.84. The molecular weight excluding hydrogens is 242 g/mol. The minimum absolute atomic E-state index is 0.307. The largest absolute Gasteiger partial charge is 0.416 e. The second-order valence-corrected chi connectivity index (χ2v) is 3.69. The molecule has 0 radical (unpaired) electrons. The van der Waals surface area contributed by atoms with Crippen molar-refractivity contribution >= 4 is 0 Å². The molecule has 90 valence electrons. The van der Waals surface area contributed by atoms with Gasteiger partial charge in [0.25, 0.3) is 0 Å². The third-order valence-electron chi connectivity index (χ3n) is 2.47. The number of pyridine rings is 2. The Bertz CT molecular complexity index is 745. The minimum Gasteiger partial charge on any atom is -0.416 e. The molecule has 0 amide bonds. The molecule has 3 aromatic heterocycles. The molecule has 0 unspecified atom stereocenters. The molecule has 0 aliphatic rings. The van der Waals surface area contributed by atoms with Crippen LogP contribution in [0.4, 0.5) is 0 Å². The standard InChI is InChI=1S/C13H7N5O/c14-8-11-7-10(3-6-16-11)13-18-17-12(19-13)9-1-4-15-5-2-9/h1-7H. The molecule has 19 heavy (non-hydrogen) atoms. The summed E-state index contributed by atoms with van der Waals surface area (Å²) >= 11 is 0. The van der Waals surface area contributed by atoms with Crippen molar-refractivity contribution in [2.75, 3.05) is 0 Å². The zero-order chi connectivity index (χ0) is 13.1. The predicted molar refractivity (Wildman–Crippen MR) is 65.5 cm³/mol. The van der Waals surface area contributed by atoms with Gasteiger partial charge in [0.2, 0.25) is 11.8 Å². The quantitative estimate of drug-likeness (QED) is 0.690. The van der Waals surface area contributed by atoms with E-state index in [9.17, 15) is 0 Å². The Labute approximate surface area is 108 Å². The Balaban J connectivity index is 2.00. The molecular formula is C13H7N5O. The highest BCUT2D eigenvalue weighted by atomic mass is 16.4. The summed E-state index contributed by atoms with van der Waals surface area (Å²) in [6.45, 7) is 0. The average molecular weight is 249 g/mol. The molecule has 3 aromatic rings. The van der Waals surface area contributed by atoms with Gasteiger partial charge in [-0.2, -0.15) is 5.26 Å². The zero-order valence-electron chi connectivity index (χ0n) is 9.69. The van der Waals surface area contributed by atoms with E-state index in [-0.39, 0.29) is 0 Å². The van der Waals surface area contributed by atoms with Gasteiger partial charge in [0.15, 0.2) is 0 Å². The second-order valence-electron chi connectivity index (χ2n) is 3.69. The van der Waals surface area contributed by atoms with E-state index in [2.05, 4.69) is 20.2 Å². The van der Waals surface area contributed by atoms with Gasteiger partial charge in [-0.25, -0.2) is 4.98 Å². The predicted octanol–water partition coefficient (Wildman–Crippen LogP) is 2.07. The molecule has 0 fully saturated rings. The van der Waals surface area contributed by atoms with Crippen LogP contribution in [0.3, 0.4) is 0 Å². The summed E-state index contributed by atoms with van der Waals surface area (Å²) in [4.78, 5) is 7.81. The van der Waals surface area contributed by atoms with Crippen LogP contribution in [0.15, 0.2) is 47.3 Å². The van der Waals surface area contributed by atoms with Gasteiger partial charge < -0.3 is 4.42 Å². The van der Waals surface area contributed by atoms with Crippen LogP contribution in [0.5, 0.6) is 0 Å². The highest BCUT2D eigenvalue weighted by Gasteiger charge is 2.10. The van der Waals surface area contributed by atoms with Gasteiger partial charge in [-0.1, -0.05) is 0 Å². The molecule has 6 heteroatoms. The number of hydrogen-bond donors (Lipinski definition) is 0. The third kappa shape index (κ3) is 2.17. The summed E-state index contributed by atoms with van der Waals surface area (Å²) in [5.41, 5.74) is 1.77. The number of hydrogen-bond acceptors (Lipinski definition) is 6. The van der Waals surface area contributed by atoms with Crippen LogP contribution in [-0.4, -0.2) is 20.2 Å². The fraction of sp³-hybridized carbons (Fsp3) is 0. The van der Waals surface area contributed by atoms with Crippen LogP contribution in [0.1, 0.15) is 5.69 Å². The number of rotatable bonds is 2. The molecule has 0 aliphatic heterocycles. The van der Waals surface area contributed by atoms with Crippen molar-refractivity contribution < 1.29 is 4.42 Å². The van der Waals surface area contributed by atoms with Gasteiger partial charge in [-0.15, -0.1) is 10.2 Å². The lowest BCUT2D eigenvalue weighted by Crippen LogP contribution is -1.83. The number of nitriles is 1. The molecule has 0 aliphatic carbocycles. The number of nitrogens with zero attached hydrogens (tertiary/aromatic N) is 5. The molecule has 0 atom stereocenters. The van der Waals surface area contributed by atoms with E-state index in [0.717, 1.165) is 5.56 Å². The first-order chi connectivity index (χ1) is 9.36. The molecule has 0 N–H and O–H groups in total. The van der Waals surface area contributed by atoms with Crippen molar-refractivity contribution in [3.63, 3.8) is 0 Å². The molecule has 0 saturated heterocycles. The summed E-state index contributed by atoms with van der Waals surface area (Å²) < 4.78 is 5.57. The molecule has 0 aromatic carbocycles. The van der Waals surface area contributed by atoms with Gasteiger partial charge in [0.1, 0.15) is 11.8 Å². The van der Waals surface area contributed by atoms with Gasteiger partial charge >= 0.3 is 0 Å². The van der Waals surface area contributed by atoms with E-state index in [1.165, 1.54) is 6.20 Å². The second kappa shape index (κ2) is 4.66. The normalized spacial score (nSPS) is 10.1. The monoisotopic (exact) mass is 249 g/mol. The van der Waals surface area contributed by atoms with Crippen LogP contribution in [0, 0.1) is 11.3 Å². The van der Waals surface area contributed by atoms with Gasteiger partial charge in [-0.3, -0.25) is 4.98 Å². The van der Waals surface area contributed by atoms with Crippen LogP contribution in [0.25, 0.3) is 22.9 Å². The maximum Gasteiger partial charge on any atom is 0.248 e. The summed E-state index contributed by atoms with van der Waals surface area (Å²) in [6, 6.07) is 8.84. The first-order valence-electron chi connectivity index (χ1n) is 5.47. The smallest absolute Gasteiger partial charge is 0.248 e. The highest BCUT2D eigenvalue weighted by Crippen LogP contribution is 2.23. The summed E-state index contributed by atoms with van der Waals surface area (Å²) in [5.74, 6) is 0.762. The van der Waals surface area contributed by atoms with Crippen molar-refractivity contribution in [2.24, 2.45) is 0 Å². The van der Waals surface area contributed by atoms with Gasteiger partial charge in [-0.05, 0) is 24.3 Å². The van der Waals surface area contributed by atoms with E-state index in [1.807, 2.05) is 6.07 Å². The minimum atomic E-state index is 0.307. The first-order valence-corrected chi connectivity index (χ1v) is 5.47. The third-order valence-corrected chi connectivity index (χ3v) is 2.47. The van der Waals surface area contributed by atoms with Gasteiger partial charge in [0, 0.05) is 29.7 Å². The molecule has 3 heterocycles. The Kier molecular flexibility index (Phi) is 2.71. The Morgan fingerprint density at radius 2 is 1.63 bits per heavy atom. The lowest BCUT2D eigenvalue weighted by Gasteiger charge is -1.94. The van der Waals surface area contributed by atoms with E-state index >= 15 is 0 Å². The van der Waals surface area contributed by atoms with Crippen molar-refractivity contribution in [3.05, 3.63) is 48.5 Å². The average Bonchev–Trinajstić information content (AvgIpc) is 2.98. The Morgan fingerprint density at radius 1 is 0.947 bits per heavy atom. The summed E-state index contributed by atoms with van der Waals surface area (Å²) in [7, 11) is 0. The van der Waals surface area contributed by atoms with Crippen LogP contribution in [0.2, 0.25) is 0 Å². The molecule has 0 bridgehead atoms. The zero-order valence-corrected chi connectivity index (χ0v) is 9.69. The van der Waals surface area contributed by atoms with Crippen molar-refractivity contribution in [3.8, 4) is 29.0 Å². The van der Waals surface area contributed by atoms with Crippen LogP contribution < -0.4 is 0 Å². The molecule has 3 rings (SSSR count). The van der Waals surface area contributed by atoms with E-state index in [4.69, 9.17) is 9.68 Å². The van der Waals surface area contributed by atoms with Crippen molar-refractivity contribution in [1.29, 1.82) is 5.26 Å². The highest BCUT2D eigenvalue weighted by molar-refractivity contribution is 5.57. The Morgan fingerprint density at radius 3 is 2.37 bits per heavy atom. The van der Waals surface area contributed by atoms with E-state index < -0.39 is 0 Å². The van der Waals surface area contributed by atoms with Gasteiger partial charge in [0.05, 0.1) is 0 Å². The maximum atomic E-state index is 8.81. The molecule has 0 saturated carbocycles. The lowest BCUT2D eigenvalue weighted by molar-refractivity contribution is 0.584. The Hall–Kier alpha value is -3.07. The van der Waals surface area contributed by atoms with Crippen molar-refractivity contribution in [2.45, 2.75) is 0 Å². The topological polar surface area (TPSA) is 88.5 Å². The molecule has 0 spiro atoms. The fourth-order valence-corrected chi connectivity index (χ4v) is 1.58. The molecule has 6 nitrogen and oxygen atoms in total. The first kappa shape index (κ1) is 11.0. The lowest BCUT2D eigenvalue weighted by atomic mass is 10.2. The van der Waals surface area contributed by atoms with E-state index in [0.29, 0.717) is 23.0 Å².